The van der Waals surface area contributed by atoms with Crippen molar-refractivity contribution >= 4 is 11.8 Å². The van der Waals surface area contributed by atoms with E-state index in [0.29, 0.717) is 12.5 Å². The van der Waals surface area contributed by atoms with Crippen LogP contribution in [0.1, 0.15) is 65.2 Å². The van der Waals surface area contributed by atoms with Gasteiger partial charge in [0.25, 0.3) is 0 Å². The maximum absolute atomic E-state index is 13.8. The minimum Gasteiger partial charge on any atom is -0.379 e. The largest absolute Gasteiger partial charge is 0.379 e. The molecule has 0 aromatic rings. The minimum absolute atomic E-state index is 0.0481. The average molecular weight is 418 g/mol. The van der Waals surface area contributed by atoms with Crippen molar-refractivity contribution in [3.8, 4) is 0 Å². The van der Waals surface area contributed by atoms with Gasteiger partial charge in [0, 0.05) is 31.7 Å². The SMILES string of the molecule is CC(C)(CNC(=O)C1CCCN1C(=O)C12CC3CC(CC(C3)C1)C2)N1CCOCC1. The molecule has 6 fully saturated rings. The van der Waals surface area contributed by atoms with E-state index in [4.69, 9.17) is 4.74 Å². The van der Waals surface area contributed by atoms with Crippen LogP contribution in [-0.4, -0.2) is 72.6 Å². The Morgan fingerprint density at radius 3 is 2.20 bits per heavy atom. The van der Waals surface area contributed by atoms with Gasteiger partial charge in [-0.3, -0.25) is 14.5 Å². The van der Waals surface area contributed by atoms with Gasteiger partial charge in [-0.1, -0.05) is 0 Å². The quantitative estimate of drug-likeness (QED) is 0.746. The van der Waals surface area contributed by atoms with Crippen LogP contribution >= 0.6 is 0 Å². The summed E-state index contributed by atoms with van der Waals surface area (Å²) in [5.74, 6) is 2.62. The molecule has 6 heteroatoms. The molecule has 4 bridgehead atoms. The van der Waals surface area contributed by atoms with Crippen molar-refractivity contribution in [3.63, 3.8) is 0 Å². The van der Waals surface area contributed by atoms with E-state index in [9.17, 15) is 9.59 Å². The van der Waals surface area contributed by atoms with Crippen LogP contribution in [0.3, 0.4) is 0 Å². The molecule has 1 unspecified atom stereocenters. The predicted octanol–water partition coefficient (Wildman–Crippen LogP) is 2.42. The molecule has 0 radical (unpaired) electrons. The van der Waals surface area contributed by atoms with Gasteiger partial charge in [-0.25, -0.2) is 0 Å². The normalized spacial score (nSPS) is 38.8. The van der Waals surface area contributed by atoms with Crippen molar-refractivity contribution in [3.05, 3.63) is 0 Å². The molecule has 4 aliphatic carbocycles. The number of nitrogens with one attached hydrogen (secondary N) is 1. The minimum atomic E-state index is -0.272. The Hall–Kier alpha value is -1.14. The van der Waals surface area contributed by atoms with Crippen molar-refractivity contribution in [2.24, 2.45) is 23.2 Å². The van der Waals surface area contributed by atoms with Gasteiger partial charge in [-0.2, -0.15) is 0 Å². The number of nitrogens with zero attached hydrogens (tertiary/aromatic N) is 2. The lowest BCUT2D eigenvalue weighted by molar-refractivity contribution is -0.160. The number of carbonyl (C=O) groups is 2. The Bertz CT molecular complexity index is 650. The van der Waals surface area contributed by atoms with Gasteiger partial charge in [0.15, 0.2) is 0 Å². The predicted molar refractivity (Wildman–Crippen MR) is 115 cm³/mol. The summed E-state index contributed by atoms with van der Waals surface area (Å²) in [6, 6.07) is -0.272. The van der Waals surface area contributed by atoms with E-state index in [1.54, 1.807) is 0 Å². The summed E-state index contributed by atoms with van der Waals surface area (Å²) >= 11 is 0. The summed E-state index contributed by atoms with van der Waals surface area (Å²) in [6.07, 6.45) is 9.00. The van der Waals surface area contributed by atoms with E-state index in [-0.39, 0.29) is 22.9 Å². The summed E-state index contributed by atoms with van der Waals surface area (Å²) in [5, 5.41) is 3.21. The zero-order valence-corrected chi connectivity index (χ0v) is 18.8. The monoisotopic (exact) mass is 417 g/mol. The number of hydrogen-bond acceptors (Lipinski definition) is 4. The lowest BCUT2D eigenvalue weighted by Crippen LogP contribution is -2.59. The number of ether oxygens (including phenoxy) is 1. The lowest BCUT2D eigenvalue weighted by Gasteiger charge is -2.56. The Labute approximate surface area is 181 Å². The zero-order chi connectivity index (χ0) is 20.9. The molecule has 1 atom stereocenters. The van der Waals surface area contributed by atoms with Gasteiger partial charge in [-0.05, 0) is 83.0 Å². The Morgan fingerprint density at radius 1 is 1.00 bits per heavy atom. The third-order valence-electron chi connectivity index (χ3n) is 8.87. The van der Waals surface area contributed by atoms with Crippen molar-refractivity contribution in [2.75, 3.05) is 39.4 Å². The summed E-state index contributed by atoms with van der Waals surface area (Å²) in [7, 11) is 0. The van der Waals surface area contributed by atoms with Crippen LogP contribution in [0.25, 0.3) is 0 Å². The number of rotatable bonds is 5. The number of hydrogen-bond donors (Lipinski definition) is 1. The van der Waals surface area contributed by atoms with E-state index in [1.807, 2.05) is 4.90 Å². The number of morpholine rings is 1. The molecule has 0 aromatic carbocycles. The van der Waals surface area contributed by atoms with Gasteiger partial charge in [0.2, 0.25) is 11.8 Å². The van der Waals surface area contributed by atoms with Crippen LogP contribution in [0, 0.1) is 23.2 Å². The molecule has 2 heterocycles. The molecule has 6 aliphatic rings. The Morgan fingerprint density at radius 2 is 1.60 bits per heavy atom. The average Bonchev–Trinajstić information content (AvgIpc) is 3.21. The summed E-state index contributed by atoms with van der Waals surface area (Å²) in [6.45, 7) is 9.07. The van der Waals surface area contributed by atoms with Crippen molar-refractivity contribution in [1.82, 2.24) is 15.1 Å². The molecular weight excluding hydrogens is 378 g/mol. The Kier molecular flexibility index (Phi) is 5.37. The van der Waals surface area contributed by atoms with E-state index in [0.717, 1.165) is 82.7 Å². The number of likely N-dealkylation sites (tertiary alicyclic amines) is 1. The fraction of sp³-hybridized carbons (Fsp3) is 0.917. The second-order valence-corrected chi connectivity index (χ2v) is 11.5. The van der Waals surface area contributed by atoms with Crippen LogP contribution < -0.4 is 5.32 Å². The van der Waals surface area contributed by atoms with Gasteiger partial charge in [0.05, 0.1) is 18.6 Å². The van der Waals surface area contributed by atoms with Crippen LogP contribution in [0.5, 0.6) is 0 Å². The lowest BCUT2D eigenvalue weighted by atomic mass is 9.49. The Balaban J connectivity index is 1.23. The summed E-state index contributed by atoms with van der Waals surface area (Å²) < 4.78 is 5.47. The first-order chi connectivity index (χ1) is 14.4. The molecule has 6 nitrogen and oxygen atoms in total. The molecule has 2 saturated heterocycles. The van der Waals surface area contributed by atoms with Crippen molar-refractivity contribution < 1.29 is 14.3 Å². The second-order valence-electron chi connectivity index (χ2n) is 11.5. The highest BCUT2D eigenvalue weighted by molar-refractivity contribution is 5.91. The maximum Gasteiger partial charge on any atom is 0.242 e. The molecule has 1 N–H and O–H groups in total. The first kappa shape index (κ1) is 20.7. The fourth-order valence-corrected chi connectivity index (χ4v) is 7.66. The highest BCUT2D eigenvalue weighted by Gasteiger charge is 2.56. The van der Waals surface area contributed by atoms with E-state index < -0.39 is 0 Å². The van der Waals surface area contributed by atoms with Gasteiger partial charge in [-0.15, -0.1) is 0 Å². The topological polar surface area (TPSA) is 61.9 Å². The third kappa shape index (κ3) is 3.68. The highest BCUT2D eigenvalue weighted by Crippen LogP contribution is 2.60. The highest BCUT2D eigenvalue weighted by atomic mass is 16.5. The molecular formula is C24H39N3O3. The molecule has 2 amide bonds. The van der Waals surface area contributed by atoms with E-state index in [1.165, 1.54) is 19.3 Å². The molecule has 4 saturated carbocycles. The molecule has 0 spiro atoms. The van der Waals surface area contributed by atoms with Gasteiger partial charge in [0.1, 0.15) is 6.04 Å². The second kappa shape index (κ2) is 7.77. The van der Waals surface area contributed by atoms with Gasteiger partial charge >= 0.3 is 0 Å². The van der Waals surface area contributed by atoms with Crippen LogP contribution in [0.2, 0.25) is 0 Å². The fourth-order valence-electron chi connectivity index (χ4n) is 7.66. The zero-order valence-electron chi connectivity index (χ0n) is 18.8. The summed E-state index contributed by atoms with van der Waals surface area (Å²) in [4.78, 5) is 31.3. The maximum atomic E-state index is 13.8. The van der Waals surface area contributed by atoms with Crippen LogP contribution in [0.4, 0.5) is 0 Å². The molecule has 30 heavy (non-hydrogen) atoms. The molecule has 6 rings (SSSR count). The van der Waals surface area contributed by atoms with E-state index >= 15 is 0 Å². The van der Waals surface area contributed by atoms with Crippen molar-refractivity contribution in [1.29, 1.82) is 0 Å². The third-order valence-corrected chi connectivity index (χ3v) is 8.87. The van der Waals surface area contributed by atoms with Gasteiger partial charge < -0.3 is 15.0 Å². The number of amides is 2. The van der Waals surface area contributed by atoms with Crippen molar-refractivity contribution in [2.45, 2.75) is 76.8 Å². The summed E-state index contributed by atoms with van der Waals surface area (Å²) in [5.41, 5.74) is -0.252. The van der Waals surface area contributed by atoms with Crippen LogP contribution in [-0.2, 0) is 14.3 Å². The molecule has 2 aliphatic heterocycles. The number of carbonyl (C=O) groups excluding carboxylic acids is 2. The first-order valence-corrected chi connectivity index (χ1v) is 12.3. The van der Waals surface area contributed by atoms with Crippen LogP contribution in [0.15, 0.2) is 0 Å². The first-order valence-electron chi connectivity index (χ1n) is 12.3. The standard InChI is InChI=1S/C24H39N3O3/c1-23(2,26-6-8-30-9-7-26)16-25-21(28)20-4-3-5-27(20)22(29)24-13-17-10-18(14-24)12-19(11-17)15-24/h17-20H,3-16H2,1-2H3,(H,25,28). The molecule has 0 aromatic heterocycles. The smallest absolute Gasteiger partial charge is 0.242 e. The molecule has 168 valence electrons. The van der Waals surface area contributed by atoms with E-state index in [2.05, 4.69) is 24.1 Å².